The van der Waals surface area contributed by atoms with E-state index in [9.17, 15) is 9.90 Å². The van der Waals surface area contributed by atoms with Gasteiger partial charge in [0.15, 0.2) is 0 Å². The van der Waals surface area contributed by atoms with Gasteiger partial charge in [-0.05, 0) is 37.0 Å². The Balaban J connectivity index is 1.41. The summed E-state index contributed by atoms with van der Waals surface area (Å²) in [6, 6.07) is 19.4. The predicted molar refractivity (Wildman–Crippen MR) is 107 cm³/mol. The molecule has 3 aromatic rings. The van der Waals surface area contributed by atoms with Crippen molar-refractivity contribution in [2.45, 2.75) is 30.8 Å². The van der Waals surface area contributed by atoms with E-state index in [1.165, 1.54) is 0 Å². The van der Waals surface area contributed by atoms with E-state index in [0.717, 1.165) is 16.5 Å². The molecule has 5 nitrogen and oxygen atoms in total. The van der Waals surface area contributed by atoms with Crippen LogP contribution in [-0.4, -0.2) is 30.8 Å². The average Bonchev–Trinajstić information content (AvgIpc) is 3.19. The van der Waals surface area contributed by atoms with Crippen LogP contribution in [0.15, 0.2) is 65.1 Å². The maximum absolute atomic E-state index is 13.1. The van der Waals surface area contributed by atoms with Gasteiger partial charge in [-0.1, -0.05) is 48.5 Å². The molecule has 1 atom stereocenters. The number of hydrogen-bond donors (Lipinski definition) is 2. The van der Waals surface area contributed by atoms with Crippen LogP contribution in [0.2, 0.25) is 0 Å². The fraction of sp³-hybridized carbons (Fsp3) is 0.348. The second-order valence-electron chi connectivity index (χ2n) is 7.31. The molecule has 1 amide bonds. The number of aliphatic hydroxyl groups is 1. The van der Waals surface area contributed by atoms with Gasteiger partial charge in [-0.2, -0.15) is 0 Å². The minimum atomic E-state index is -0.755. The van der Waals surface area contributed by atoms with Crippen molar-refractivity contribution in [2.75, 3.05) is 19.8 Å². The number of ether oxygens (including phenoxy) is 1. The van der Waals surface area contributed by atoms with Crippen molar-refractivity contribution in [3.63, 3.8) is 0 Å². The standard InChI is InChI=1S/C23H25NO4/c25-19(21-16-17-6-4-5-9-20(17)28-21)10-13-24-22(26)23(11-14-27-15-12-23)18-7-2-1-3-8-18/h1-9,16,19,25H,10-15H2,(H,24,26)/t19-/m0/s1. The number of carbonyl (C=O) groups is 1. The summed E-state index contributed by atoms with van der Waals surface area (Å²) in [7, 11) is 0. The molecular formula is C23H25NO4. The molecule has 146 valence electrons. The van der Waals surface area contributed by atoms with Crippen LogP contribution in [0.5, 0.6) is 0 Å². The van der Waals surface area contributed by atoms with Gasteiger partial charge in [0, 0.05) is 25.1 Å². The molecule has 4 rings (SSSR count). The second kappa shape index (κ2) is 8.17. The number of furan rings is 1. The quantitative estimate of drug-likeness (QED) is 0.685. The van der Waals surface area contributed by atoms with E-state index in [4.69, 9.17) is 9.15 Å². The smallest absolute Gasteiger partial charge is 0.230 e. The number of hydrogen-bond acceptors (Lipinski definition) is 4. The molecular weight excluding hydrogens is 354 g/mol. The molecule has 1 saturated heterocycles. The fourth-order valence-corrected chi connectivity index (χ4v) is 3.92. The third-order valence-corrected chi connectivity index (χ3v) is 5.58. The minimum Gasteiger partial charge on any atom is -0.458 e. The van der Waals surface area contributed by atoms with Gasteiger partial charge in [0.1, 0.15) is 17.4 Å². The number of carbonyl (C=O) groups excluding carboxylic acids is 1. The Morgan fingerprint density at radius 2 is 1.79 bits per heavy atom. The molecule has 1 aliphatic rings. The molecule has 0 saturated carbocycles. The Hall–Kier alpha value is -2.63. The number of amides is 1. The first-order valence-corrected chi connectivity index (χ1v) is 9.77. The van der Waals surface area contributed by atoms with Crippen LogP contribution in [0, 0.1) is 0 Å². The van der Waals surface area contributed by atoms with Crippen molar-refractivity contribution in [3.05, 3.63) is 72.0 Å². The third-order valence-electron chi connectivity index (χ3n) is 5.58. The monoisotopic (exact) mass is 379 g/mol. The summed E-state index contributed by atoms with van der Waals surface area (Å²) in [5.74, 6) is 0.526. The fourth-order valence-electron chi connectivity index (χ4n) is 3.92. The summed E-state index contributed by atoms with van der Waals surface area (Å²) >= 11 is 0. The van der Waals surface area contributed by atoms with Gasteiger partial charge in [-0.15, -0.1) is 0 Å². The van der Waals surface area contributed by atoms with E-state index in [-0.39, 0.29) is 5.91 Å². The highest BCUT2D eigenvalue weighted by molar-refractivity contribution is 5.88. The van der Waals surface area contributed by atoms with E-state index >= 15 is 0 Å². The van der Waals surface area contributed by atoms with Gasteiger partial charge in [0.05, 0.1) is 5.41 Å². The predicted octanol–water partition coefficient (Wildman–Crippen LogP) is 3.72. The SMILES string of the molecule is O=C(NCC[C@H](O)c1cc2ccccc2o1)C1(c2ccccc2)CCOCC1. The molecule has 0 radical (unpaired) electrons. The van der Waals surface area contributed by atoms with E-state index in [1.54, 1.807) is 0 Å². The van der Waals surface area contributed by atoms with Crippen molar-refractivity contribution >= 4 is 16.9 Å². The van der Waals surface area contributed by atoms with Gasteiger partial charge in [0.2, 0.25) is 5.91 Å². The van der Waals surface area contributed by atoms with Crippen molar-refractivity contribution in [2.24, 2.45) is 0 Å². The highest BCUT2D eigenvalue weighted by Crippen LogP contribution is 2.35. The number of benzene rings is 2. The number of fused-ring (bicyclic) bond motifs is 1. The van der Waals surface area contributed by atoms with Gasteiger partial charge in [0.25, 0.3) is 0 Å². The van der Waals surface area contributed by atoms with Crippen LogP contribution in [0.3, 0.4) is 0 Å². The summed E-state index contributed by atoms with van der Waals surface area (Å²) in [6.45, 7) is 1.53. The van der Waals surface area contributed by atoms with Gasteiger partial charge in [-0.25, -0.2) is 0 Å². The van der Waals surface area contributed by atoms with Gasteiger partial charge >= 0.3 is 0 Å². The summed E-state index contributed by atoms with van der Waals surface area (Å²) < 4.78 is 11.2. The maximum Gasteiger partial charge on any atom is 0.230 e. The summed E-state index contributed by atoms with van der Waals surface area (Å²) in [4.78, 5) is 13.1. The number of rotatable bonds is 6. The molecule has 28 heavy (non-hydrogen) atoms. The zero-order valence-electron chi connectivity index (χ0n) is 15.8. The molecule has 0 spiro atoms. The summed E-state index contributed by atoms with van der Waals surface area (Å²) in [6.07, 6.45) is 0.965. The molecule has 5 heteroatoms. The number of nitrogens with one attached hydrogen (secondary N) is 1. The Kier molecular flexibility index (Phi) is 5.46. The molecule has 1 aromatic heterocycles. The maximum atomic E-state index is 13.1. The van der Waals surface area contributed by atoms with E-state index in [1.807, 2.05) is 60.7 Å². The lowest BCUT2D eigenvalue weighted by Crippen LogP contribution is -2.48. The highest BCUT2D eigenvalue weighted by atomic mass is 16.5. The molecule has 2 heterocycles. The molecule has 0 aliphatic carbocycles. The third kappa shape index (κ3) is 3.68. The second-order valence-corrected chi connectivity index (χ2v) is 7.31. The van der Waals surface area contributed by atoms with Crippen molar-refractivity contribution in [3.8, 4) is 0 Å². The Morgan fingerprint density at radius 3 is 2.54 bits per heavy atom. The van der Waals surface area contributed by atoms with Crippen LogP contribution in [0.25, 0.3) is 11.0 Å². The topological polar surface area (TPSA) is 71.7 Å². The molecule has 2 N–H and O–H groups in total. The molecule has 1 aliphatic heterocycles. The normalized spacial score (nSPS) is 17.3. The van der Waals surface area contributed by atoms with Crippen LogP contribution < -0.4 is 5.32 Å². The van der Waals surface area contributed by atoms with E-state index in [0.29, 0.717) is 44.8 Å². The van der Waals surface area contributed by atoms with Crippen molar-refractivity contribution in [1.29, 1.82) is 0 Å². The first-order valence-electron chi connectivity index (χ1n) is 9.77. The minimum absolute atomic E-state index is 0.00111. The van der Waals surface area contributed by atoms with Crippen LogP contribution >= 0.6 is 0 Å². The van der Waals surface area contributed by atoms with Gasteiger partial charge in [-0.3, -0.25) is 4.79 Å². The number of aliphatic hydroxyl groups excluding tert-OH is 1. The van der Waals surface area contributed by atoms with E-state index < -0.39 is 11.5 Å². The van der Waals surface area contributed by atoms with Crippen molar-refractivity contribution in [1.82, 2.24) is 5.32 Å². The van der Waals surface area contributed by atoms with Crippen LogP contribution in [-0.2, 0) is 14.9 Å². The first-order chi connectivity index (χ1) is 13.7. The Bertz CT molecular complexity index is 895. The molecule has 0 bridgehead atoms. The summed E-state index contributed by atoms with van der Waals surface area (Å²) in [5.41, 5.74) is 1.21. The Labute approximate surface area is 164 Å². The zero-order valence-corrected chi connectivity index (χ0v) is 15.8. The lowest BCUT2D eigenvalue weighted by molar-refractivity contribution is -0.130. The summed E-state index contributed by atoms with van der Waals surface area (Å²) in [5, 5.41) is 14.5. The first kappa shape index (κ1) is 18.7. The van der Waals surface area contributed by atoms with Crippen LogP contribution in [0.4, 0.5) is 0 Å². The van der Waals surface area contributed by atoms with E-state index in [2.05, 4.69) is 5.32 Å². The molecule has 2 aromatic carbocycles. The lowest BCUT2D eigenvalue weighted by atomic mass is 9.73. The Morgan fingerprint density at radius 1 is 1.07 bits per heavy atom. The molecule has 1 fully saturated rings. The van der Waals surface area contributed by atoms with Gasteiger partial charge < -0.3 is 19.6 Å². The highest BCUT2D eigenvalue weighted by Gasteiger charge is 2.41. The van der Waals surface area contributed by atoms with Crippen molar-refractivity contribution < 1.29 is 19.1 Å². The largest absolute Gasteiger partial charge is 0.458 e. The number of para-hydroxylation sites is 1. The zero-order chi connectivity index (χ0) is 19.4. The molecule has 0 unspecified atom stereocenters. The van der Waals surface area contributed by atoms with Crippen LogP contribution in [0.1, 0.15) is 36.7 Å². The average molecular weight is 379 g/mol. The lowest BCUT2D eigenvalue weighted by Gasteiger charge is -2.36.